The third-order valence-electron chi connectivity index (χ3n) is 2.47. The molecule has 2 aromatic rings. The molecule has 0 atom stereocenters. The maximum absolute atomic E-state index is 11.1. The van der Waals surface area contributed by atoms with E-state index in [9.17, 15) is 5.21 Å². The van der Waals surface area contributed by atoms with Crippen LogP contribution in [0.15, 0.2) is 22.8 Å². The Morgan fingerprint density at radius 3 is 2.88 bits per heavy atom. The highest BCUT2D eigenvalue weighted by Crippen LogP contribution is 2.35. The average Bonchev–Trinajstić information content (AvgIpc) is 2.86. The van der Waals surface area contributed by atoms with Gasteiger partial charge in [-0.05, 0) is 23.1 Å². The van der Waals surface area contributed by atoms with E-state index in [4.69, 9.17) is 9.47 Å². The average molecular weight is 220 g/mol. The Hall–Kier alpha value is -2.24. The van der Waals surface area contributed by atoms with Gasteiger partial charge in [0.1, 0.15) is 0 Å². The molecule has 3 rings (SSSR count). The summed E-state index contributed by atoms with van der Waals surface area (Å²) in [6.07, 6.45) is 0. The van der Waals surface area contributed by atoms with E-state index in [-0.39, 0.29) is 6.79 Å². The van der Waals surface area contributed by atoms with Gasteiger partial charge in [-0.3, -0.25) is 4.63 Å². The van der Waals surface area contributed by atoms with Crippen molar-refractivity contribution in [1.82, 2.24) is 5.16 Å². The summed E-state index contributed by atoms with van der Waals surface area (Å²) in [5.41, 5.74) is 1.69. The smallest absolute Gasteiger partial charge is 0.251 e. The molecule has 1 aromatic heterocycles. The standard InChI is InChI=1S/C10H8N2O4/c1-6-10(11-16-12(6)13)7-2-3-8-9(4-7)15-5-14-8/h2-4H,5H2,1H3. The number of benzene rings is 1. The van der Waals surface area contributed by atoms with Crippen LogP contribution in [0.3, 0.4) is 0 Å². The predicted molar refractivity (Wildman–Crippen MR) is 51.8 cm³/mol. The first-order valence-electron chi connectivity index (χ1n) is 4.72. The van der Waals surface area contributed by atoms with Crippen LogP contribution < -0.4 is 14.4 Å². The Kier molecular flexibility index (Phi) is 1.76. The summed E-state index contributed by atoms with van der Waals surface area (Å²) < 4.78 is 14.9. The molecule has 0 amide bonds. The van der Waals surface area contributed by atoms with Crippen LogP contribution in [0.5, 0.6) is 11.5 Å². The van der Waals surface area contributed by atoms with Gasteiger partial charge in [0.25, 0.3) is 5.69 Å². The summed E-state index contributed by atoms with van der Waals surface area (Å²) in [5.74, 6) is 1.34. The van der Waals surface area contributed by atoms with Gasteiger partial charge in [0.15, 0.2) is 11.5 Å². The minimum atomic E-state index is 0.220. The zero-order valence-corrected chi connectivity index (χ0v) is 8.47. The van der Waals surface area contributed by atoms with Gasteiger partial charge in [-0.1, -0.05) is 0 Å². The molecule has 0 radical (unpaired) electrons. The summed E-state index contributed by atoms with van der Waals surface area (Å²) >= 11 is 0. The lowest BCUT2D eigenvalue weighted by molar-refractivity contribution is -0.806. The molecule has 0 aliphatic carbocycles. The van der Waals surface area contributed by atoms with E-state index in [0.717, 1.165) is 5.56 Å². The van der Waals surface area contributed by atoms with Crippen molar-refractivity contribution >= 4 is 0 Å². The second-order valence-electron chi connectivity index (χ2n) is 3.43. The Labute approximate surface area is 90.5 Å². The minimum absolute atomic E-state index is 0.220. The van der Waals surface area contributed by atoms with Crippen LogP contribution in [0.1, 0.15) is 5.69 Å². The molecule has 0 N–H and O–H groups in total. The van der Waals surface area contributed by atoms with Gasteiger partial charge in [0.05, 0.1) is 0 Å². The fourth-order valence-electron chi connectivity index (χ4n) is 1.60. The molecule has 6 nitrogen and oxygen atoms in total. The zero-order valence-electron chi connectivity index (χ0n) is 8.47. The second-order valence-corrected chi connectivity index (χ2v) is 3.43. The van der Waals surface area contributed by atoms with E-state index in [1.165, 1.54) is 0 Å². The van der Waals surface area contributed by atoms with Crippen molar-refractivity contribution in [2.75, 3.05) is 6.79 Å². The third-order valence-corrected chi connectivity index (χ3v) is 2.47. The monoisotopic (exact) mass is 220 g/mol. The highest BCUT2D eigenvalue weighted by Gasteiger charge is 2.20. The van der Waals surface area contributed by atoms with Crippen LogP contribution in [0.2, 0.25) is 0 Å². The lowest BCUT2D eigenvalue weighted by Gasteiger charge is -1.97. The normalized spacial score (nSPS) is 13.1. The second kappa shape index (κ2) is 3.13. The fraction of sp³-hybridized carbons (Fsp3) is 0.200. The molecule has 0 saturated carbocycles. The van der Waals surface area contributed by atoms with Crippen molar-refractivity contribution in [3.63, 3.8) is 0 Å². The van der Waals surface area contributed by atoms with E-state index < -0.39 is 0 Å². The van der Waals surface area contributed by atoms with Crippen molar-refractivity contribution in [2.45, 2.75) is 6.92 Å². The molecule has 0 bridgehead atoms. The first-order valence-corrected chi connectivity index (χ1v) is 4.72. The van der Waals surface area contributed by atoms with Gasteiger partial charge in [-0.15, -0.1) is 0 Å². The first-order chi connectivity index (χ1) is 7.75. The summed E-state index contributed by atoms with van der Waals surface area (Å²) in [5, 5.41) is 14.8. The first kappa shape index (κ1) is 9.02. The van der Waals surface area contributed by atoms with Gasteiger partial charge in [-0.25, -0.2) is 0 Å². The Morgan fingerprint density at radius 1 is 1.31 bits per heavy atom. The van der Waals surface area contributed by atoms with Crippen molar-refractivity contribution < 1.29 is 19.0 Å². The topological polar surface area (TPSA) is 71.4 Å². The zero-order chi connectivity index (χ0) is 11.1. The van der Waals surface area contributed by atoms with Crippen LogP contribution in [-0.2, 0) is 0 Å². The van der Waals surface area contributed by atoms with Crippen molar-refractivity contribution in [1.29, 1.82) is 0 Å². The predicted octanol–water partition coefficient (Wildman–Crippen LogP) is 1.01. The van der Waals surface area contributed by atoms with E-state index in [2.05, 4.69) is 9.79 Å². The number of fused-ring (bicyclic) bond motifs is 1. The van der Waals surface area contributed by atoms with Crippen LogP contribution in [-0.4, -0.2) is 11.9 Å². The van der Waals surface area contributed by atoms with Crippen LogP contribution >= 0.6 is 0 Å². The molecular formula is C10H8N2O4. The molecular weight excluding hydrogens is 212 g/mol. The molecule has 1 aliphatic rings. The van der Waals surface area contributed by atoms with E-state index in [0.29, 0.717) is 27.8 Å². The summed E-state index contributed by atoms with van der Waals surface area (Å²) in [6, 6.07) is 5.35. The van der Waals surface area contributed by atoms with Gasteiger partial charge in [0.2, 0.25) is 12.5 Å². The molecule has 0 unspecified atom stereocenters. The number of rotatable bonds is 1. The Morgan fingerprint density at radius 2 is 2.12 bits per heavy atom. The van der Waals surface area contributed by atoms with Crippen LogP contribution in [0, 0.1) is 12.1 Å². The lowest BCUT2D eigenvalue weighted by atomic mass is 10.1. The maximum atomic E-state index is 11.1. The van der Waals surface area contributed by atoms with Gasteiger partial charge >= 0.3 is 0 Å². The fourth-order valence-corrected chi connectivity index (χ4v) is 1.60. The molecule has 1 aliphatic heterocycles. The highest BCUT2D eigenvalue weighted by atomic mass is 16.8. The SMILES string of the molecule is Cc1c(-c2ccc3c(c2)OCO3)no[n+]1[O-]. The molecule has 6 heteroatoms. The largest absolute Gasteiger partial charge is 0.454 e. The summed E-state index contributed by atoms with van der Waals surface area (Å²) in [6.45, 7) is 1.86. The number of hydrogen-bond acceptors (Lipinski definition) is 5. The lowest BCUT2D eigenvalue weighted by Crippen LogP contribution is -2.25. The van der Waals surface area contributed by atoms with Gasteiger partial charge < -0.3 is 14.7 Å². The summed E-state index contributed by atoms with van der Waals surface area (Å²) in [7, 11) is 0. The van der Waals surface area contributed by atoms with E-state index in [1.54, 1.807) is 25.1 Å². The quantitative estimate of drug-likeness (QED) is 0.671. The van der Waals surface area contributed by atoms with Crippen LogP contribution in [0.25, 0.3) is 11.3 Å². The molecule has 82 valence electrons. The molecule has 0 fully saturated rings. The Bertz CT molecular complexity index is 550. The maximum Gasteiger partial charge on any atom is 0.251 e. The number of hydrogen-bond donors (Lipinski definition) is 0. The molecule has 16 heavy (non-hydrogen) atoms. The number of ether oxygens (including phenoxy) is 2. The number of nitrogens with zero attached hydrogens (tertiary/aromatic N) is 2. The van der Waals surface area contributed by atoms with Crippen molar-refractivity contribution in [3.05, 3.63) is 29.1 Å². The number of aromatic nitrogens is 2. The third kappa shape index (κ3) is 1.19. The van der Waals surface area contributed by atoms with Gasteiger partial charge in [0, 0.05) is 17.6 Å². The summed E-state index contributed by atoms with van der Waals surface area (Å²) in [4.78, 5) is 0.375. The highest BCUT2D eigenvalue weighted by molar-refractivity contribution is 5.64. The van der Waals surface area contributed by atoms with Crippen molar-refractivity contribution in [2.24, 2.45) is 0 Å². The molecule has 0 spiro atoms. The van der Waals surface area contributed by atoms with Crippen LogP contribution in [0.4, 0.5) is 0 Å². The van der Waals surface area contributed by atoms with Crippen molar-refractivity contribution in [3.8, 4) is 22.8 Å². The van der Waals surface area contributed by atoms with E-state index >= 15 is 0 Å². The minimum Gasteiger partial charge on any atom is -0.454 e. The van der Waals surface area contributed by atoms with Gasteiger partial charge in [-0.2, -0.15) is 0 Å². The Balaban J connectivity index is 2.10. The molecule has 2 heterocycles. The molecule has 1 aromatic carbocycles. The molecule has 0 saturated heterocycles. The van der Waals surface area contributed by atoms with E-state index in [1.807, 2.05) is 0 Å².